The largest absolute Gasteiger partial charge is 0.462 e. The number of quaternary nitrogens is 1. The van der Waals surface area contributed by atoms with Crippen LogP contribution in [0.15, 0.2) is 54.6 Å². The van der Waals surface area contributed by atoms with E-state index in [1.54, 1.807) is 0 Å². The van der Waals surface area contributed by atoms with E-state index in [9.17, 15) is 4.79 Å². The fourth-order valence-electron chi connectivity index (χ4n) is 6.11. The molecule has 2 saturated carbocycles. The van der Waals surface area contributed by atoms with Gasteiger partial charge in [-0.3, -0.25) is 4.79 Å². The van der Waals surface area contributed by atoms with Crippen LogP contribution < -0.4 is 0 Å². The van der Waals surface area contributed by atoms with Crippen molar-refractivity contribution in [3.63, 3.8) is 0 Å². The van der Waals surface area contributed by atoms with Crippen LogP contribution in [0.4, 0.5) is 0 Å². The number of carbonyl (C=O) groups excluding carboxylic acids is 1. The van der Waals surface area contributed by atoms with Gasteiger partial charge in [0, 0.05) is 11.8 Å². The van der Waals surface area contributed by atoms with E-state index in [-0.39, 0.29) is 12.1 Å². The minimum Gasteiger partial charge on any atom is -0.462 e. The highest BCUT2D eigenvalue weighted by molar-refractivity contribution is 5.78. The van der Waals surface area contributed by atoms with Crippen molar-refractivity contribution in [3.05, 3.63) is 60.2 Å². The first-order chi connectivity index (χ1) is 14.5. The molecule has 0 aliphatic heterocycles. The highest BCUT2D eigenvalue weighted by Gasteiger charge is 2.56. The second kappa shape index (κ2) is 8.93. The zero-order valence-corrected chi connectivity index (χ0v) is 18.7. The number of benzene rings is 2. The van der Waals surface area contributed by atoms with Gasteiger partial charge in [-0.15, -0.1) is 0 Å². The summed E-state index contributed by atoms with van der Waals surface area (Å²) in [6.45, 7) is 3.49. The summed E-state index contributed by atoms with van der Waals surface area (Å²) in [4.78, 5) is 12.9. The van der Waals surface area contributed by atoms with Crippen molar-refractivity contribution in [2.45, 2.75) is 57.6 Å². The maximum Gasteiger partial charge on any atom is 0.310 e. The molecule has 3 nitrogen and oxygen atoms in total. The molecular weight excluding hydrogens is 370 g/mol. The molecule has 4 unspecified atom stereocenters. The zero-order valence-electron chi connectivity index (χ0n) is 18.7. The van der Waals surface area contributed by atoms with Crippen molar-refractivity contribution in [2.75, 3.05) is 20.6 Å². The Bertz CT molecular complexity index is 860. The number of hydrogen-bond acceptors (Lipinski definition) is 2. The molecule has 0 radical (unpaired) electrons. The molecule has 0 saturated heterocycles. The summed E-state index contributed by atoms with van der Waals surface area (Å²) in [7, 11) is 4.76. The number of esters is 1. The number of ether oxygens (including phenoxy) is 1. The third-order valence-electron chi connectivity index (χ3n) is 7.42. The lowest BCUT2D eigenvalue weighted by molar-refractivity contribution is -0.919. The topological polar surface area (TPSA) is 26.3 Å². The van der Waals surface area contributed by atoms with E-state index in [1.165, 1.54) is 32.2 Å². The lowest BCUT2D eigenvalue weighted by Crippen LogP contribution is -2.52. The van der Waals surface area contributed by atoms with Crippen LogP contribution in [-0.2, 0) is 16.0 Å². The Morgan fingerprint density at radius 3 is 2.53 bits per heavy atom. The second-order valence-electron chi connectivity index (χ2n) is 9.81. The maximum atomic E-state index is 12.9. The van der Waals surface area contributed by atoms with E-state index in [0.717, 1.165) is 27.6 Å². The Morgan fingerprint density at radius 2 is 1.77 bits per heavy atom. The maximum absolute atomic E-state index is 12.9. The lowest BCUT2D eigenvalue weighted by atomic mass is 9.96. The van der Waals surface area contributed by atoms with E-state index >= 15 is 0 Å². The molecule has 0 N–H and O–H groups in total. The molecule has 2 aromatic rings. The van der Waals surface area contributed by atoms with E-state index in [1.807, 2.05) is 30.3 Å². The number of nitrogens with zero attached hydrogens (tertiary/aromatic N) is 1. The van der Waals surface area contributed by atoms with Gasteiger partial charge in [-0.1, -0.05) is 67.9 Å². The van der Waals surface area contributed by atoms with Gasteiger partial charge in [0.05, 0.1) is 33.1 Å². The molecule has 2 aliphatic rings. The molecule has 0 spiro atoms. The first kappa shape index (κ1) is 21.1. The van der Waals surface area contributed by atoms with E-state index in [2.05, 4.69) is 45.3 Å². The summed E-state index contributed by atoms with van der Waals surface area (Å²) in [6.07, 6.45) is 6.51. The fourth-order valence-corrected chi connectivity index (χ4v) is 6.11. The number of fused-ring (bicyclic) bond motifs is 2. The lowest BCUT2D eigenvalue weighted by Gasteiger charge is -2.39. The standard InChI is InChI=1S/C27H36NO2/c1-4-5-17-28(2,3)27-22-15-16-24(27)25(18-22)30-26(29)19-21-13-9-10-14-23(21)20-11-7-6-8-12-20/h6-14,22,24-25,27H,4-5,15-19H2,1-3H3/q+1. The average molecular weight is 407 g/mol. The van der Waals surface area contributed by atoms with E-state index < -0.39 is 0 Å². The molecule has 2 aromatic carbocycles. The molecule has 2 bridgehead atoms. The van der Waals surface area contributed by atoms with Crippen LogP contribution >= 0.6 is 0 Å². The molecule has 160 valence electrons. The summed E-state index contributed by atoms with van der Waals surface area (Å²) in [5, 5.41) is 0. The average Bonchev–Trinajstić information content (AvgIpc) is 3.32. The van der Waals surface area contributed by atoms with E-state index in [0.29, 0.717) is 24.3 Å². The van der Waals surface area contributed by atoms with Gasteiger partial charge < -0.3 is 9.22 Å². The summed E-state index contributed by atoms with van der Waals surface area (Å²) in [6, 6.07) is 19.1. The minimum absolute atomic E-state index is 0.0754. The van der Waals surface area contributed by atoms with Gasteiger partial charge in [-0.2, -0.15) is 0 Å². The van der Waals surface area contributed by atoms with Gasteiger partial charge in [-0.05, 0) is 42.4 Å². The van der Waals surface area contributed by atoms with Gasteiger partial charge in [0.25, 0.3) is 0 Å². The van der Waals surface area contributed by atoms with Crippen LogP contribution in [0.1, 0.15) is 44.6 Å². The predicted molar refractivity (Wildman–Crippen MR) is 122 cm³/mol. The molecule has 0 heterocycles. The predicted octanol–water partition coefficient (Wildman–Crippen LogP) is 5.48. The Morgan fingerprint density at radius 1 is 1.03 bits per heavy atom. The van der Waals surface area contributed by atoms with Crippen molar-refractivity contribution in [1.82, 2.24) is 0 Å². The second-order valence-corrected chi connectivity index (χ2v) is 9.81. The zero-order chi connectivity index (χ0) is 21.1. The summed E-state index contributed by atoms with van der Waals surface area (Å²) in [5.74, 6) is 1.15. The summed E-state index contributed by atoms with van der Waals surface area (Å²) >= 11 is 0. The molecule has 30 heavy (non-hydrogen) atoms. The van der Waals surface area contributed by atoms with Gasteiger partial charge in [0.2, 0.25) is 0 Å². The third kappa shape index (κ3) is 4.32. The van der Waals surface area contributed by atoms with Crippen molar-refractivity contribution in [1.29, 1.82) is 0 Å². The SMILES string of the molecule is CCCC[N+](C)(C)C1C2CCC1C(OC(=O)Cc1ccccc1-c1ccccc1)C2. The Hall–Kier alpha value is -2.13. The van der Waals surface area contributed by atoms with Gasteiger partial charge in [-0.25, -0.2) is 0 Å². The van der Waals surface area contributed by atoms with Crippen LogP contribution in [-0.4, -0.2) is 43.2 Å². The van der Waals surface area contributed by atoms with Gasteiger partial charge >= 0.3 is 5.97 Å². The fraction of sp³-hybridized carbons (Fsp3) is 0.519. The quantitative estimate of drug-likeness (QED) is 0.428. The Balaban J connectivity index is 1.43. The molecule has 3 heteroatoms. The number of rotatable bonds is 8. The Labute approximate surface area is 181 Å². The van der Waals surface area contributed by atoms with E-state index in [4.69, 9.17) is 4.74 Å². The molecule has 4 atom stereocenters. The first-order valence-corrected chi connectivity index (χ1v) is 11.6. The summed E-state index contributed by atoms with van der Waals surface area (Å²) < 4.78 is 7.20. The highest BCUT2D eigenvalue weighted by Crippen LogP contribution is 2.50. The normalized spacial score (nSPS) is 25.4. The molecule has 0 amide bonds. The number of carbonyl (C=O) groups is 1. The number of hydrogen-bond donors (Lipinski definition) is 0. The first-order valence-electron chi connectivity index (χ1n) is 11.6. The van der Waals surface area contributed by atoms with Crippen molar-refractivity contribution >= 4 is 5.97 Å². The van der Waals surface area contributed by atoms with Crippen molar-refractivity contribution in [2.24, 2.45) is 11.8 Å². The monoisotopic (exact) mass is 406 g/mol. The molecule has 2 aliphatic carbocycles. The van der Waals surface area contributed by atoms with Crippen LogP contribution in [0.3, 0.4) is 0 Å². The van der Waals surface area contributed by atoms with Crippen LogP contribution in [0.2, 0.25) is 0 Å². The molecular formula is C27H36NO2+. The van der Waals surface area contributed by atoms with Crippen LogP contribution in [0.5, 0.6) is 0 Å². The molecule has 2 fully saturated rings. The molecule has 4 rings (SSSR count). The molecule has 0 aromatic heterocycles. The highest BCUT2D eigenvalue weighted by atomic mass is 16.5. The van der Waals surface area contributed by atoms with Crippen molar-refractivity contribution in [3.8, 4) is 11.1 Å². The van der Waals surface area contributed by atoms with Crippen LogP contribution in [0.25, 0.3) is 11.1 Å². The third-order valence-corrected chi connectivity index (χ3v) is 7.42. The van der Waals surface area contributed by atoms with Gasteiger partial charge in [0.15, 0.2) is 0 Å². The van der Waals surface area contributed by atoms with Crippen molar-refractivity contribution < 1.29 is 14.0 Å². The smallest absolute Gasteiger partial charge is 0.310 e. The minimum atomic E-state index is -0.0754. The van der Waals surface area contributed by atoms with Crippen LogP contribution in [0, 0.1) is 11.8 Å². The summed E-state index contributed by atoms with van der Waals surface area (Å²) in [5.41, 5.74) is 3.32. The number of unbranched alkanes of at least 4 members (excludes halogenated alkanes) is 1. The Kier molecular flexibility index (Phi) is 6.29. The van der Waals surface area contributed by atoms with Gasteiger partial charge in [0.1, 0.15) is 6.10 Å².